The van der Waals surface area contributed by atoms with Crippen LogP contribution in [-0.2, 0) is 11.2 Å². The maximum atomic E-state index is 12.9. The van der Waals surface area contributed by atoms with Crippen molar-refractivity contribution in [2.75, 3.05) is 0 Å². The molecule has 1 fully saturated rings. The Morgan fingerprint density at radius 1 is 1.05 bits per heavy atom. The highest BCUT2D eigenvalue weighted by atomic mass is 16.1. The average molecular weight is 286 g/mol. The molecule has 0 aromatic heterocycles. The van der Waals surface area contributed by atoms with Gasteiger partial charge in [0, 0.05) is 11.8 Å². The molecule has 116 valence electrons. The van der Waals surface area contributed by atoms with Crippen molar-refractivity contribution in [3.8, 4) is 0 Å². The predicted octanol–water partition coefficient (Wildman–Crippen LogP) is 5.53. The van der Waals surface area contributed by atoms with Gasteiger partial charge < -0.3 is 0 Å². The molecule has 1 aromatic carbocycles. The van der Waals surface area contributed by atoms with Crippen molar-refractivity contribution < 1.29 is 4.79 Å². The molecule has 0 radical (unpaired) electrons. The van der Waals surface area contributed by atoms with Gasteiger partial charge >= 0.3 is 0 Å². The van der Waals surface area contributed by atoms with E-state index in [1.54, 1.807) is 0 Å². The van der Waals surface area contributed by atoms with Crippen LogP contribution in [0.5, 0.6) is 0 Å². The van der Waals surface area contributed by atoms with Crippen LogP contribution in [0.15, 0.2) is 24.3 Å². The normalized spacial score (nSPS) is 17.6. The molecule has 1 saturated carbocycles. The number of benzene rings is 1. The van der Waals surface area contributed by atoms with Crippen molar-refractivity contribution in [2.24, 2.45) is 11.3 Å². The Morgan fingerprint density at radius 3 is 2.10 bits per heavy atom. The van der Waals surface area contributed by atoms with Crippen LogP contribution in [0.3, 0.4) is 0 Å². The molecule has 1 aliphatic rings. The van der Waals surface area contributed by atoms with E-state index in [1.807, 2.05) is 0 Å². The molecule has 0 atom stereocenters. The molecule has 1 aliphatic carbocycles. The molecule has 0 aliphatic heterocycles. The number of carbonyl (C=O) groups excluding carboxylic acids is 1. The summed E-state index contributed by atoms with van der Waals surface area (Å²) in [5, 5.41) is 0. The number of rotatable bonds is 6. The van der Waals surface area contributed by atoms with Gasteiger partial charge in [0.05, 0.1) is 0 Å². The van der Waals surface area contributed by atoms with Gasteiger partial charge in [-0.25, -0.2) is 0 Å². The van der Waals surface area contributed by atoms with Crippen molar-refractivity contribution in [1.29, 1.82) is 0 Å². The number of hydrogen-bond donors (Lipinski definition) is 0. The zero-order valence-electron chi connectivity index (χ0n) is 14.1. The van der Waals surface area contributed by atoms with E-state index in [2.05, 4.69) is 52.0 Å². The third kappa shape index (κ3) is 3.96. The summed E-state index contributed by atoms with van der Waals surface area (Å²) in [6, 6.07) is 8.64. The monoisotopic (exact) mass is 286 g/mol. The van der Waals surface area contributed by atoms with E-state index in [9.17, 15) is 4.79 Å². The summed E-state index contributed by atoms with van der Waals surface area (Å²) in [6.07, 6.45) is 6.35. The van der Waals surface area contributed by atoms with Crippen LogP contribution in [0, 0.1) is 11.3 Å². The third-order valence-electron chi connectivity index (χ3n) is 4.96. The SMILES string of the molecule is CC(C)CC1(C(=O)Cc2ccc(C(C)C)cc2)CCCC1. The predicted molar refractivity (Wildman–Crippen MR) is 89.6 cm³/mol. The van der Waals surface area contributed by atoms with Crippen LogP contribution in [-0.4, -0.2) is 5.78 Å². The lowest BCUT2D eigenvalue weighted by Crippen LogP contribution is -2.31. The van der Waals surface area contributed by atoms with E-state index in [1.165, 1.54) is 24.0 Å². The second-order valence-corrected chi connectivity index (χ2v) is 7.58. The lowest BCUT2D eigenvalue weighted by atomic mass is 9.73. The summed E-state index contributed by atoms with van der Waals surface area (Å²) in [5.41, 5.74) is 2.51. The zero-order valence-corrected chi connectivity index (χ0v) is 14.1. The van der Waals surface area contributed by atoms with Gasteiger partial charge in [-0.05, 0) is 42.2 Å². The fourth-order valence-electron chi connectivity index (χ4n) is 3.82. The minimum absolute atomic E-state index is 0.0229. The van der Waals surface area contributed by atoms with Crippen molar-refractivity contribution >= 4 is 5.78 Å². The Hall–Kier alpha value is -1.11. The third-order valence-corrected chi connectivity index (χ3v) is 4.96. The molecule has 1 nitrogen and oxygen atoms in total. The molecule has 1 aromatic rings. The highest BCUT2D eigenvalue weighted by Gasteiger charge is 2.40. The molecule has 1 heteroatoms. The molecule has 21 heavy (non-hydrogen) atoms. The summed E-state index contributed by atoms with van der Waals surface area (Å²) < 4.78 is 0. The van der Waals surface area contributed by atoms with Gasteiger partial charge in [-0.15, -0.1) is 0 Å². The molecule has 0 N–H and O–H groups in total. The Bertz CT molecular complexity index is 461. The van der Waals surface area contributed by atoms with E-state index in [-0.39, 0.29) is 5.41 Å². The van der Waals surface area contributed by atoms with Crippen LogP contribution in [0.1, 0.15) is 76.8 Å². The van der Waals surface area contributed by atoms with Crippen LogP contribution in [0.4, 0.5) is 0 Å². The van der Waals surface area contributed by atoms with Gasteiger partial charge in [-0.1, -0.05) is 64.8 Å². The summed E-state index contributed by atoms with van der Waals surface area (Å²) in [7, 11) is 0. The van der Waals surface area contributed by atoms with Crippen LogP contribution >= 0.6 is 0 Å². The van der Waals surface area contributed by atoms with E-state index in [4.69, 9.17) is 0 Å². The first kappa shape index (κ1) is 16.3. The fraction of sp³-hybridized carbons (Fsp3) is 0.650. The van der Waals surface area contributed by atoms with Crippen LogP contribution in [0.25, 0.3) is 0 Å². The minimum Gasteiger partial charge on any atom is -0.299 e. The van der Waals surface area contributed by atoms with Gasteiger partial charge in [-0.2, -0.15) is 0 Å². The van der Waals surface area contributed by atoms with Crippen molar-refractivity contribution in [3.63, 3.8) is 0 Å². The maximum absolute atomic E-state index is 12.9. The molecular formula is C20H30O. The van der Waals surface area contributed by atoms with Gasteiger partial charge in [0.1, 0.15) is 5.78 Å². The van der Waals surface area contributed by atoms with E-state index >= 15 is 0 Å². The minimum atomic E-state index is -0.0229. The number of hydrogen-bond acceptors (Lipinski definition) is 1. The highest BCUT2D eigenvalue weighted by molar-refractivity contribution is 5.87. The lowest BCUT2D eigenvalue weighted by molar-refractivity contribution is -0.128. The first-order valence-electron chi connectivity index (χ1n) is 8.55. The first-order chi connectivity index (χ1) is 9.93. The summed E-state index contributed by atoms with van der Waals surface area (Å²) in [5.74, 6) is 1.64. The molecule has 2 rings (SSSR count). The fourth-order valence-corrected chi connectivity index (χ4v) is 3.82. The molecular weight excluding hydrogens is 256 g/mol. The van der Waals surface area contributed by atoms with Crippen molar-refractivity contribution in [1.82, 2.24) is 0 Å². The van der Waals surface area contributed by atoms with Gasteiger partial charge in [-0.3, -0.25) is 4.79 Å². The first-order valence-corrected chi connectivity index (χ1v) is 8.55. The summed E-state index contributed by atoms with van der Waals surface area (Å²) in [6.45, 7) is 8.89. The molecule has 0 unspecified atom stereocenters. The van der Waals surface area contributed by atoms with Crippen molar-refractivity contribution in [2.45, 2.75) is 72.1 Å². The van der Waals surface area contributed by atoms with E-state index in [0.717, 1.165) is 19.3 Å². The largest absolute Gasteiger partial charge is 0.299 e. The van der Waals surface area contributed by atoms with Crippen LogP contribution in [0.2, 0.25) is 0 Å². The quantitative estimate of drug-likeness (QED) is 0.672. The molecule has 0 bridgehead atoms. The average Bonchev–Trinajstić information content (AvgIpc) is 2.88. The highest BCUT2D eigenvalue weighted by Crippen LogP contribution is 2.44. The Kier molecular flexibility index (Phi) is 5.24. The summed E-state index contributed by atoms with van der Waals surface area (Å²) >= 11 is 0. The Morgan fingerprint density at radius 2 is 1.62 bits per heavy atom. The second kappa shape index (κ2) is 6.77. The number of ketones is 1. The molecule has 0 saturated heterocycles. The molecule has 0 spiro atoms. The lowest BCUT2D eigenvalue weighted by Gasteiger charge is -2.29. The van der Waals surface area contributed by atoms with Gasteiger partial charge in [0.15, 0.2) is 0 Å². The zero-order chi connectivity index (χ0) is 15.5. The van der Waals surface area contributed by atoms with Gasteiger partial charge in [0.2, 0.25) is 0 Å². The Labute approximate surface area is 130 Å². The molecule has 0 amide bonds. The smallest absolute Gasteiger partial charge is 0.143 e. The Balaban J connectivity index is 2.08. The van der Waals surface area contributed by atoms with E-state index in [0.29, 0.717) is 24.0 Å². The molecule has 0 heterocycles. The van der Waals surface area contributed by atoms with Crippen molar-refractivity contribution in [3.05, 3.63) is 35.4 Å². The summed E-state index contributed by atoms with van der Waals surface area (Å²) in [4.78, 5) is 12.9. The number of carbonyl (C=O) groups is 1. The topological polar surface area (TPSA) is 17.1 Å². The standard InChI is InChI=1S/C20H30O/c1-15(2)14-20(11-5-6-12-20)19(21)13-17-7-9-18(10-8-17)16(3)4/h7-10,15-16H,5-6,11-14H2,1-4H3. The maximum Gasteiger partial charge on any atom is 0.143 e. The second-order valence-electron chi connectivity index (χ2n) is 7.58. The van der Waals surface area contributed by atoms with E-state index < -0.39 is 0 Å². The van der Waals surface area contributed by atoms with Gasteiger partial charge in [0.25, 0.3) is 0 Å². The number of Topliss-reactive ketones (excluding diaryl/α,β-unsaturated/α-hetero) is 1. The van der Waals surface area contributed by atoms with Crippen LogP contribution < -0.4 is 0 Å².